The van der Waals surface area contributed by atoms with Gasteiger partial charge >= 0.3 is 11.8 Å². The standard InChI is InChI=1S/C19H28N2O3/c1-3-13-8-9-15(4-2)17(11-13)21-19(24)18(23)20-12-14-6-5-7-16(22)10-14/h8-9,11,14,16,22H,3-7,10,12H2,1-2H3,(H,20,23)(H,21,24). The molecule has 24 heavy (non-hydrogen) atoms. The van der Waals surface area contributed by atoms with Gasteiger partial charge in [0, 0.05) is 12.2 Å². The lowest BCUT2D eigenvalue weighted by molar-refractivity contribution is -0.136. The van der Waals surface area contributed by atoms with Crippen molar-refractivity contribution in [3.05, 3.63) is 29.3 Å². The topological polar surface area (TPSA) is 78.4 Å². The number of hydrogen-bond donors (Lipinski definition) is 3. The van der Waals surface area contributed by atoms with Crippen LogP contribution in [0.2, 0.25) is 0 Å². The first-order valence-corrected chi connectivity index (χ1v) is 8.92. The Morgan fingerprint density at radius 2 is 1.96 bits per heavy atom. The van der Waals surface area contributed by atoms with Gasteiger partial charge in [0.05, 0.1) is 6.10 Å². The third-order valence-electron chi connectivity index (χ3n) is 4.72. The highest BCUT2D eigenvalue weighted by Gasteiger charge is 2.22. The van der Waals surface area contributed by atoms with Crippen molar-refractivity contribution < 1.29 is 14.7 Å². The molecule has 0 heterocycles. The Kier molecular flexibility index (Phi) is 6.79. The molecule has 5 heteroatoms. The molecule has 132 valence electrons. The number of hydrogen-bond acceptors (Lipinski definition) is 3. The van der Waals surface area contributed by atoms with Gasteiger partial charge in [0.15, 0.2) is 0 Å². The van der Waals surface area contributed by atoms with Crippen LogP contribution in [0.15, 0.2) is 18.2 Å². The Hall–Kier alpha value is -1.88. The van der Waals surface area contributed by atoms with Crippen molar-refractivity contribution in [3.63, 3.8) is 0 Å². The predicted molar refractivity (Wildman–Crippen MR) is 94.8 cm³/mol. The number of rotatable bonds is 5. The molecule has 2 unspecified atom stereocenters. The zero-order valence-corrected chi connectivity index (χ0v) is 14.6. The van der Waals surface area contributed by atoms with E-state index < -0.39 is 11.8 Å². The second-order valence-electron chi connectivity index (χ2n) is 6.55. The summed E-state index contributed by atoms with van der Waals surface area (Å²) in [4.78, 5) is 24.2. The Morgan fingerprint density at radius 3 is 2.62 bits per heavy atom. The molecule has 2 rings (SSSR count). The third-order valence-corrected chi connectivity index (χ3v) is 4.72. The van der Waals surface area contributed by atoms with Gasteiger partial charge < -0.3 is 15.7 Å². The number of nitrogens with one attached hydrogen (secondary N) is 2. The average Bonchev–Trinajstić information content (AvgIpc) is 2.59. The molecule has 1 fully saturated rings. The number of aliphatic hydroxyl groups is 1. The molecule has 1 saturated carbocycles. The molecule has 2 amide bonds. The molecule has 2 atom stereocenters. The highest BCUT2D eigenvalue weighted by molar-refractivity contribution is 6.39. The summed E-state index contributed by atoms with van der Waals surface area (Å²) in [5.74, 6) is -0.992. The molecule has 0 spiro atoms. The summed E-state index contributed by atoms with van der Waals surface area (Å²) in [6.07, 6.45) is 4.87. The SMILES string of the molecule is CCc1ccc(CC)c(NC(=O)C(=O)NCC2CCCC(O)C2)c1. The van der Waals surface area contributed by atoms with Crippen LogP contribution in [0, 0.1) is 5.92 Å². The summed E-state index contributed by atoms with van der Waals surface area (Å²) < 4.78 is 0. The number of carbonyl (C=O) groups is 2. The minimum Gasteiger partial charge on any atom is -0.393 e. The maximum Gasteiger partial charge on any atom is 0.313 e. The van der Waals surface area contributed by atoms with Gasteiger partial charge in [-0.25, -0.2) is 0 Å². The van der Waals surface area contributed by atoms with Crippen molar-refractivity contribution >= 4 is 17.5 Å². The minimum absolute atomic E-state index is 0.250. The van der Waals surface area contributed by atoms with Crippen LogP contribution in [0.4, 0.5) is 5.69 Å². The molecule has 1 aromatic carbocycles. The first kappa shape index (κ1) is 18.5. The fourth-order valence-corrected chi connectivity index (χ4v) is 3.21. The van der Waals surface area contributed by atoms with E-state index in [0.717, 1.165) is 43.2 Å². The molecule has 0 aromatic heterocycles. The molecule has 0 bridgehead atoms. The molecule has 3 N–H and O–H groups in total. The van der Waals surface area contributed by atoms with E-state index in [4.69, 9.17) is 0 Å². The lowest BCUT2D eigenvalue weighted by Gasteiger charge is -2.25. The fourth-order valence-electron chi connectivity index (χ4n) is 3.21. The normalized spacial score (nSPS) is 20.5. The van der Waals surface area contributed by atoms with Crippen molar-refractivity contribution in [1.29, 1.82) is 0 Å². The molecule has 5 nitrogen and oxygen atoms in total. The van der Waals surface area contributed by atoms with Crippen molar-refractivity contribution in [2.75, 3.05) is 11.9 Å². The Morgan fingerprint density at radius 1 is 1.17 bits per heavy atom. The van der Waals surface area contributed by atoms with Crippen LogP contribution in [0.3, 0.4) is 0 Å². The van der Waals surface area contributed by atoms with E-state index in [1.54, 1.807) is 0 Å². The predicted octanol–water partition coefficient (Wildman–Crippen LogP) is 2.42. The van der Waals surface area contributed by atoms with E-state index in [1.165, 1.54) is 0 Å². The molecule has 1 aliphatic rings. The Labute approximate surface area is 143 Å². The van der Waals surface area contributed by atoms with Crippen molar-refractivity contribution in [2.24, 2.45) is 5.92 Å². The zero-order chi connectivity index (χ0) is 17.5. The first-order chi connectivity index (χ1) is 11.5. The van der Waals surface area contributed by atoms with Gasteiger partial charge in [0.2, 0.25) is 0 Å². The second-order valence-corrected chi connectivity index (χ2v) is 6.55. The highest BCUT2D eigenvalue weighted by Crippen LogP contribution is 2.23. The maximum atomic E-state index is 12.1. The van der Waals surface area contributed by atoms with Gasteiger partial charge in [-0.05, 0) is 55.2 Å². The van der Waals surface area contributed by atoms with Crippen LogP contribution in [0.5, 0.6) is 0 Å². The summed E-state index contributed by atoms with van der Waals surface area (Å²) in [6.45, 7) is 4.52. The van der Waals surface area contributed by atoms with Gasteiger partial charge in [-0.1, -0.05) is 32.4 Å². The van der Waals surface area contributed by atoms with Gasteiger partial charge in [-0.3, -0.25) is 9.59 Å². The largest absolute Gasteiger partial charge is 0.393 e. The second kappa shape index (κ2) is 8.83. The number of anilines is 1. The van der Waals surface area contributed by atoms with Crippen LogP contribution in [-0.4, -0.2) is 29.6 Å². The number of aryl methyl sites for hydroxylation is 2. The van der Waals surface area contributed by atoms with Crippen LogP contribution >= 0.6 is 0 Å². The molecule has 0 radical (unpaired) electrons. The molecular weight excluding hydrogens is 304 g/mol. The van der Waals surface area contributed by atoms with E-state index in [2.05, 4.69) is 17.6 Å². The summed E-state index contributed by atoms with van der Waals surface area (Å²) >= 11 is 0. The van der Waals surface area contributed by atoms with Crippen molar-refractivity contribution in [1.82, 2.24) is 5.32 Å². The Bertz CT molecular complexity index is 586. The summed E-state index contributed by atoms with van der Waals surface area (Å²) in [5.41, 5.74) is 2.85. The van der Waals surface area contributed by atoms with Gasteiger partial charge in [0.25, 0.3) is 0 Å². The Balaban J connectivity index is 1.90. The van der Waals surface area contributed by atoms with E-state index in [-0.39, 0.29) is 12.0 Å². The summed E-state index contributed by atoms with van der Waals surface area (Å²) in [7, 11) is 0. The monoisotopic (exact) mass is 332 g/mol. The van der Waals surface area contributed by atoms with Crippen LogP contribution < -0.4 is 10.6 Å². The average molecular weight is 332 g/mol. The molecular formula is C19H28N2O3. The van der Waals surface area contributed by atoms with Gasteiger partial charge in [0.1, 0.15) is 0 Å². The summed E-state index contributed by atoms with van der Waals surface area (Å²) in [5, 5.41) is 15.1. The van der Waals surface area contributed by atoms with Crippen LogP contribution in [0.1, 0.15) is 50.7 Å². The van der Waals surface area contributed by atoms with Gasteiger partial charge in [-0.15, -0.1) is 0 Å². The number of benzene rings is 1. The third kappa shape index (κ3) is 5.06. The van der Waals surface area contributed by atoms with E-state index in [9.17, 15) is 14.7 Å². The van der Waals surface area contributed by atoms with E-state index >= 15 is 0 Å². The molecule has 0 aliphatic heterocycles. The van der Waals surface area contributed by atoms with E-state index in [0.29, 0.717) is 18.7 Å². The molecule has 0 saturated heterocycles. The van der Waals surface area contributed by atoms with Crippen molar-refractivity contribution in [3.8, 4) is 0 Å². The van der Waals surface area contributed by atoms with Crippen molar-refractivity contribution in [2.45, 2.75) is 58.5 Å². The zero-order valence-electron chi connectivity index (χ0n) is 14.6. The number of aliphatic hydroxyl groups excluding tert-OH is 1. The highest BCUT2D eigenvalue weighted by atomic mass is 16.3. The number of carbonyl (C=O) groups excluding carboxylic acids is 2. The van der Waals surface area contributed by atoms with E-state index in [1.807, 2.05) is 25.1 Å². The van der Waals surface area contributed by atoms with Gasteiger partial charge in [-0.2, -0.15) is 0 Å². The lowest BCUT2D eigenvalue weighted by Crippen LogP contribution is -2.39. The molecule has 1 aliphatic carbocycles. The quantitative estimate of drug-likeness (QED) is 0.725. The number of amides is 2. The first-order valence-electron chi connectivity index (χ1n) is 8.92. The van der Waals surface area contributed by atoms with Crippen LogP contribution in [-0.2, 0) is 22.4 Å². The molecule has 1 aromatic rings. The minimum atomic E-state index is -0.630. The maximum absolute atomic E-state index is 12.1. The smallest absolute Gasteiger partial charge is 0.313 e. The lowest BCUT2D eigenvalue weighted by atomic mass is 9.87. The van der Waals surface area contributed by atoms with Crippen LogP contribution in [0.25, 0.3) is 0 Å². The fraction of sp³-hybridized carbons (Fsp3) is 0.579. The summed E-state index contributed by atoms with van der Waals surface area (Å²) in [6, 6.07) is 5.97.